The summed E-state index contributed by atoms with van der Waals surface area (Å²) in [6.45, 7) is 0.460. The lowest BCUT2D eigenvalue weighted by Crippen LogP contribution is -2.20. The fourth-order valence-corrected chi connectivity index (χ4v) is 3.31. The summed E-state index contributed by atoms with van der Waals surface area (Å²) in [7, 11) is 0. The average Bonchev–Trinajstić information content (AvgIpc) is 3.02. The zero-order chi connectivity index (χ0) is 15.8. The maximum Gasteiger partial charge on any atom is 0.405 e. The van der Waals surface area contributed by atoms with Gasteiger partial charge in [0, 0.05) is 5.56 Å². The third-order valence-corrected chi connectivity index (χ3v) is 4.42. The Bertz CT molecular complexity index is 772. The van der Waals surface area contributed by atoms with E-state index in [0.717, 1.165) is 47.3 Å². The number of carbonyl (C=O) groups is 1. The van der Waals surface area contributed by atoms with E-state index < -0.39 is 6.09 Å². The number of benzene rings is 2. The van der Waals surface area contributed by atoms with Gasteiger partial charge in [0.2, 0.25) is 0 Å². The molecule has 1 heterocycles. The number of hydrogen-bond acceptors (Lipinski definition) is 4. The molecule has 0 radical (unpaired) electrons. The van der Waals surface area contributed by atoms with Gasteiger partial charge in [0.15, 0.2) is 5.75 Å². The van der Waals surface area contributed by atoms with E-state index in [1.165, 1.54) is 5.56 Å². The van der Waals surface area contributed by atoms with Crippen molar-refractivity contribution >= 4 is 6.09 Å². The Morgan fingerprint density at radius 3 is 2.83 bits per heavy atom. The minimum absolute atomic E-state index is 0.253. The zero-order valence-corrected chi connectivity index (χ0v) is 12.6. The molecule has 1 unspecified atom stereocenters. The average molecular weight is 311 g/mol. The topological polar surface area (TPSA) is 70.8 Å². The third-order valence-electron chi connectivity index (χ3n) is 4.42. The normalized spacial score (nSPS) is 18.7. The Labute approximate surface area is 133 Å². The van der Waals surface area contributed by atoms with Crippen molar-refractivity contribution in [2.24, 2.45) is 5.73 Å². The molecule has 2 aromatic rings. The second-order valence-electron chi connectivity index (χ2n) is 5.90. The fourth-order valence-electron chi connectivity index (χ4n) is 3.31. The minimum atomic E-state index is -0.722. The van der Waals surface area contributed by atoms with Crippen molar-refractivity contribution in [2.45, 2.75) is 32.0 Å². The lowest BCUT2D eigenvalue weighted by atomic mass is 9.87. The van der Waals surface area contributed by atoms with Gasteiger partial charge in [-0.05, 0) is 59.7 Å². The molecule has 0 saturated heterocycles. The maximum atomic E-state index is 11.1. The van der Waals surface area contributed by atoms with E-state index in [2.05, 4.69) is 24.3 Å². The van der Waals surface area contributed by atoms with Gasteiger partial charge in [-0.25, -0.2) is 4.79 Å². The van der Waals surface area contributed by atoms with Crippen LogP contribution in [0.15, 0.2) is 36.4 Å². The highest BCUT2D eigenvalue weighted by atomic mass is 17.2. The molecule has 5 nitrogen and oxygen atoms in total. The Balaban J connectivity index is 1.72. The molecule has 1 atom stereocenters. The van der Waals surface area contributed by atoms with Crippen molar-refractivity contribution in [3.8, 4) is 16.9 Å². The van der Waals surface area contributed by atoms with Crippen LogP contribution >= 0.6 is 0 Å². The number of rotatable bonds is 2. The number of ether oxygens (including phenoxy) is 1. The molecule has 23 heavy (non-hydrogen) atoms. The first-order valence-electron chi connectivity index (χ1n) is 7.72. The Morgan fingerprint density at radius 2 is 1.96 bits per heavy atom. The number of amides is 1. The van der Waals surface area contributed by atoms with Gasteiger partial charge in [-0.2, -0.15) is 4.89 Å². The molecule has 2 aromatic carbocycles. The predicted molar refractivity (Wildman–Crippen MR) is 83.6 cm³/mol. The van der Waals surface area contributed by atoms with Crippen LogP contribution in [-0.4, -0.2) is 6.09 Å². The van der Waals surface area contributed by atoms with Gasteiger partial charge in [0.25, 0.3) is 0 Å². The van der Waals surface area contributed by atoms with Gasteiger partial charge in [-0.15, -0.1) is 0 Å². The minimum Gasteiger partial charge on any atom is -0.442 e. The van der Waals surface area contributed by atoms with Crippen molar-refractivity contribution in [1.29, 1.82) is 0 Å². The molecule has 0 aromatic heterocycles. The summed E-state index contributed by atoms with van der Waals surface area (Å²) in [5.41, 5.74) is 10.7. The predicted octanol–water partition coefficient (Wildman–Crippen LogP) is 3.65. The summed E-state index contributed by atoms with van der Waals surface area (Å²) in [6.07, 6.45) is 1.83. The van der Waals surface area contributed by atoms with Gasteiger partial charge in [-0.1, -0.05) is 18.2 Å². The Kier molecular flexibility index (Phi) is 3.42. The van der Waals surface area contributed by atoms with Gasteiger partial charge in [0.05, 0.1) is 0 Å². The molecule has 0 spiro atoms. The lowest BCUT2D eigenvalue weighted by Gasteiger charge is -2.25. The molecule has 1 amide bonds. The highest BCUT2D eigenvalue weighted by Gasteiger charge is 2.23. The summed E-state index contributed by atoms with van der Waals surface area (Å²) >= 11 is 0. The maximum absolute atomic E-state index is 11.1. The van der Waals surface area contributed by atoms with Crippen LogP contribution in [0.25, 0.3) is 11.1 Å². The zero-order valence-electron chi connectivity index (χ0n) is 12.6. The number of carbonyl (C=O) groups excluding carboxylic acids is 1. The highest BCUT2D eigenvalue weighted by molar-refractivity contribution is 5.68. The van der Waals surface area contributed by atoms with E-state index >= 15 is 0 Å². The van der Waals surface area contributed by atoms with Gasteiger partial charge < -0.3 is 15.4 Å². The fraction of sp³-hybridized carbons (Fsp3) is 0.278. The summed E-state index contributed by atoms with van der Waals surface area (Å²) in [4.78, 5) is 21.2. The van der Waals surface area contributed by atoms with Crippen LogP contribution in [0, 0.1) is 0 Å². The summed E-state index contributed by atoms with van der Waals surface area (Å²) in [6, 6.07) is 12.3. The molecule has 1 aliphatic heterocycles. The first-order valence-corrected chi connectivity index (χ1v) is 7.72. The molecule has 0 bridgehead atoms. The van der Waals surface area contributed by atoms with E-state index in [1.807, 2.05) is 12.1 Å². The van der Waals surface area contributed by atoms with E-state index in [-0.39, 0.29) is 6.10 Å². The Hall–Kier alpha value is -2.53. The monoisotopic (exact) mass is 311 g/mol. The van der Waals surface area contributed by atoms with E-state index in [0.29, 0.717) is 6.61 Å². The van der Waals surface area contributed by atoms with Gasteiger partial charge >= 0.3 is 6.09 Å². The quantitative estimate of drug-likeness (QED) is 0.859. The van der Waals surface area contributed by atoms with Crippen molar-refractivity contribution in [2.75, 3.05) is 0 Å². The number of aryl methyl sites for hydroxylation is 1. The molecular weight excluding hydrogens is 294 g/mol. The standard InChI is InChI=1S/C18H17NO4/c19-18(20)22-17-3-1-2-11-4-5-13(9-15(11)17)12-6-7-16-14(8-12)10-21-23-16/h4-9,17H,1-3,10H2,(H2,19,20). The van der Waals surface area contributed by atoms with E-state index in [1.54, 1.807) is 0 Å². The molecule has 4 rings (SSSR count). The number of hydrogen-bond donors (Lipinski definition) is 1. The number of fused-ring (bicyclic) bond motifs is 2. The van der Waals surface area contributed by atoms with E-state index in [9.17, 15) is 4.79 Å². The van der Waals surface area contributed by atoms with Crippen LogP contribution in [0.4, 0.5) is 4.79 Å². The SMILES string of the molecule is NC(=O)OC1CCCc2ccc(-c3ccc4c(c3)COO4)cc21. The number of primary amides is 1. The smallest absolute Gasteiger partial charge is 0.405 e. The summed E-state index contributed by atoms with van der Waals surface area (Å²) in [5.74, 6) is 0.765. The first-order chi connectivity index (χ1) is 11.2. The molecule has 2 N–H and O–H groups in total. The molecule has 0 fully saturated rings. The molecule has 0 saturated carbocycles. The third kappa shape index (κ3) is 2.64. The molecule has 2 aliphatic rings. The molecule has 1 aliphatic carbocycles. The van der Waals surface area contributed by atoms with E-state index in [4.69, 9.17) is 20.2 Å². The lowest BCUT2D eigenvalue weighted by molar-refractivity contribution is -0.194. The van der Waals surface area contributed by atoms with Crippen LogP contribution in [0.3, 0.4) is 0 Å². The van der Waals surface area contributed by atoms with Gasteiger partial charge in [-0.3, -0.25) is 0 Å². The van der Waals surface area contributed by atoms with Crippen LogP contribution in [0.1, 0.15) is 35.6 Å². The van der Waals surface area contributed by atoms with Crippen molar-refractivity contribution in [1.82, 2.24) is 0 Å². The summed E-state index contributed by atoms with van der Waals surface area (Å²) < 4.78 is 5.28. The van der Waals surface area contributed by atoms with Crippen LogP contribution in [0.5, 0.6) is 5.75 Å². The van der Waals surface area contributed by atoms with Gasteiger partial charge in [0.1, 0.15) is 12.7 Å². The first kappa shape index (κ1) is 14.1. The Morgan fingerprint density at radius 1 is 1.13 bits per heavy atom. The van der Waals surface area contributed by atoms with Crippen molar-refractivity contribution < 1.29 is 19.3 Å². The second kappa shape index (κ2) is 5.59. The largest absolute Gasteiger partial charge is 0.442 e. The second-order valence-corrected chi connectivity index (χ2v) is 5.90. The van der Waals surface area contributed by atoms with Crippen molar-refractivity contribution in [3.05, 3.63) is 53.1 Å². The number of nitrogens with two attached hydrogens (primary N) is 1. The highest BCUT2D eigenvalue weighted by Crippen LogP contribution is 2.37. The molecular formula is C18H17NO4. The molecule has 118 valence electrons. The summed E-state index contributed by atoms with van der Waals surface area (Å²) in [5, 5.41) is 0. The van der Waals surface area contributed by atoms with Crippen molar-refractivity contribution in [3.63, 3.8) is 0 Å². The van der Waals surface area contributed by atoms with Crippen LogP contribution in [-0.2, 0) is 22.7 Å². The molecule has 5 heteroatoms. The van der Waals surface area contributed by atoms with Crippen LogP contribution < -0.4 is 10.6 Å². The van der Waals surface area contributed by atoms with Crippen LogP contribution in [0.2, 0.25) is 0 Å².